The molecule has 188 valence electrons. The number of methoxy groups -OCH3 is 1. The summed E-state index contributed by atoms with van der Waals surface area (Å²) in [5.41, 5.74) is 0.655. The Morgan fingerprint density at radius 1 is 1.12 bits per heavy atom. The van der Waals surface area contributed by atoms with Crippen LogP contribution in [0.2, 0.25) is 0 Å². The Hall–Kier alpha value is -1.46. The minimum absolute atomic E-state index is 0.0334. The topological polar surface area (TPSA) is 61.8 Å². The van der Waals surface area contributed by atoms with Gasteiger partial charge in [-0.2, -0.15) is 0 Å². The van der Waals surface area contributed by atoms with Gasteiger partial charge in [-0.15, -0.1) is 0 Å². The average molecular weight is 471 g/mol. The molecule has 5 rings (SSSR count). The van der Waals surface area contributed by atoms with Crippen molar-refractivity contribution in [1.29, 1.82) is 0 Å². The quantitative estimate of drug-likeness (QED) is 0.403. The minimum Gasteiger partial charge on any atom is -0.462 e. The number of rotatable bonds is 3. The van der Waals surface area contributed by atoms with Gasteiger partial charge < -0.3 is 14.2 Å². The van der Waals surface area contributed by atoms with Crippen molar-refractivity contribution in [1.82, 2.24) is 0 Å². The molecule has 0 radical (unpaired) electrons. The van der Waals surface area contributed by atoms with Crippen molar-refractivity contribution in [2.24, 2.45) is 45.3 Å². The standard InChI is InChI=1S/C29H42O5/c1-17(30)34-24-16-22-26(2,3)23(31)11-14-28(22,5)21-10-13-27(4)19(8-9-20(27)29(21,24)6)18-12-15-33-25(18)32-7/h9,11,14,18-19,21-22,24-25H,8,10,12-13,15-16H2,1-7H3/t18-,19-,21+,22-,24+,25-,27-,28+,29-/m0/s1. The molecule has 0 aromatic rings. The van der Waals surface area contributed by atoms with Gasteiger partial charge >= 0.3 is 5.97 Å². The van der Waals surface area contributed by atoms with Crippen molar-refractivity contribution in [2.75, 3.05) is 13.7 Å². The summed E-state index contributed by atoms with van der Waals surface area (Å²) < 4.78 is 17.8. The molecule has 0 bridgehead atoms. The zero-order valence-corrected chi connectivity index (χ0v) is 22.0. The van der Waals surface area contributed by atoms with Crippen molar-refractivity contribution in [2.45, 2.75) is 86.0 Å². The summed E-state index contributed by atoms with van der Waals surface area (Å²) in [5.74, 6) is 1.26. The molecule has 2 saturated carbocycles. The van der Waals surface area contributed by atoms with Crippen LogP contribution in [-0.2, 0) is 23.8 Å². The van der Waals surface area contributed by atoms with Crippen LogP contribution in [0.3, 0.4) is 0 Å². The van der Waals surface area contributed by atoms with Crippen molar-refractivity contribution in [3.63, 3.8) is 0 Å². The van der Waals surface area contributed by atoms with Crippen LogP contribution in [0, 0.1) is 45.3 Å². The molecule has 0 spiro atoms. The summed E-state index contributed by atoms with van der Waals surface area (Å²) in [6.07, 6.45) is 11.1. The van der Waals surface area contributed by atoms with Crippen LogP contribution in [0.1, 0.15) is 73.6 Å². The highest BCUT2D eigenvalue weighted by Gasteiger charge is 2.69. The van der Waals surface area contributed by atoms with E-state index in [1.54, 1.807) is 7.11 Å². The Kier molecular flexibility index (Phi) is 5.54. The smallest absolute Gasteiger partial charge is 0.302 e. The molecular weight excluding hydrogens is 428 g/mol. The van der Waals surface area contributed by atoms with Gasteiger partial charge in [0, 0.05) is 30.8 Å². The zero-order valence-electron chi connectivity index (χ0n) is 22.0. The third kappa shape index (κ3) is 3.05. The van der Waals surface area contributed by atoms with Crippen LogP contribution in [0.25, 0.3) is 0 Å². The highest BCUT2D eigenvalue weighted by molar-refractivity contribution is 5.95. The fraction of sp³-hybridized carbons (Fsp3) is 0.793. The number of carbonyl (C=O) groups is 2. The van der Waals surface area contributed by atoms with Crippen LogP contribution >= 0.6 is 0 Å². The molecule has 0 unspecified atom stereocenters. The van der Waals surface area contributed by atoms with Crippen LogP contribution in [-0.4, -0.2) is 37.9 Å². The molecule has 0 N–H and O–H groups in total. The van der Waals surface area contributed by atoms with E-state index in [1.807, 2.05) is 6.08 Å². The highest BCUT2D eigenvalue weighted by atomic mass is 16.7. The molecule has 1 aliphatic heterocycles. The van der Waals surface area contributed by atoms with Crippen molar-refractivity contribution < 1.29 is 23.8 Å². The number of ether oxygens (including phenoxy) is 3. The molecule has 0 aromatic heterocycles. The van der Waals surface area contributed by atoms with E-state index in [1.165, 1.54) is 12.5 Å². The maximum atomic E-state index is 12.9. The largest absolute Gasteiger partial charge is 0.462 e. The lowest BCUT2D eigenvalue weighted by Crippen LogP contribution is -2.64. The first kappa shape index (κ1) is 24.2. The second kappa shape index (κ2) is 7.77. The van der Waals surface area contributed by atoms with E-state index in [0.717, 1.165) is 38.7 Å². The van der Waals surface area contributed by atoms with E-state index in [4.69, 9.17) is 14.2 Å². The van der Waals surface area contributed by atoms with Crippen LogP contribution in [0.5, 0.6) is 0 Å². The first-order valence-electron chi connectivity index (χ1n) is 13.2. The second-order valence-electron chi connectivity index (χ2n) is 12.9. The summed E-state index contributed by atoms with van der Waals surface area (Å²) in [5, 5.41) is 0. The molecule has 34 heavy (non-hydrogen) atoms. The highest BCUT2D eigenvalue weighted by Crippen LogP contribution is 2.72. The predicted octanol–water partition coefficient (Wildman–Crippen LogP) is 5.49. The Morgan fingerprint density at radius 2 is 1.85 bits per heavy atom. The van der Waals surface area contributed by atoms with E-state index >= 15 is 0 Å². The van der Waals surface area contributed by atoms with Gasteiger partial charge in [0.1, 0.15) is 6.10 Å². The first-order chi connectivity index (χ1) is 15.9. The Balaban J connectivity index is 1.59. The zero-order chi connectivity index (χ0) is 24.7. The fourth-order valence-electron chi connectivity index (χ4n) is 9.51. The molecule has 0 amide bonds. The average Bonchev–Trinajstić information content (AvgIpc) is 3.36. The monoisotopic (exact) mass is 470 g/mol. The number of esters is 1. The maximum absolute atomic E-state index is 12.9. The van der Waals surface area contributed by atoms with Crippen molar-refractivity contribution in [3.8, 4) is 0 Å². The van der Waals surface area contributed by atoms with Crippen LogP contribution < -0.4 is 0 Å². The predicted molar refractivity (Wildman–Crippen MR) is 130 cm³/mol. The molecule has 1 heterocycles. The normalized spacial score (nSPS) is 49.1. The number of hydrogen-bond donors (Lipinski definition) is 0. The third-order valence-corrected chi connectivity index (χ3v) is 11.1. The number of allylic oxidation sites excluding steroid dienone is 3. The molecule has 9 atom stereocenters. The number of carbonyl (C=O) groups excluding carboxylic acids is 2. The number of hydrogen-bond acceptors (Lipinski definition) is 5. The molecule has 1 saturated heterocycles. The fourth-order valence-corrected chi connectivity index (χ4v) is 9.51. The summed E-state index contributed by atoms with van der Waals surface area (Å²) in [6, 6.07) is 0. The van der Waals surface area contributed by atoms with Gasteiger partial charge in [0.25, 0.3) is 0 Å². The molecule has 4 aliphatic carbocycles. The lowest BCUT2D eigenvalue weighted by atomic mass is 9.38. The molecule has 5 heteroatoms. The third-order valence-electron chi connectivity index (χ3n) is 11.1. The first-order valence-corrected chi connectivity index (χ1v) is 13.2. The van der Waals surface area contributed by atoms with E-state index in [-0.39, 0.29) is 46.3 Å². The number of ketones is 1. The summed E-state index contributed by atoms with van der Waals surface area (Å²) >= 11 is 0. The molecule has 0 aromatic carbocycles. The molecular formula is C29H42O5. The van der Waals surface area contributed by atoms with Gasteiger partial charge in [0.15, 0.2) is 12.1 Å². The van der Waals surface area contributed by atoms with Crippen molar-refractivity contribution >= 4 is 11.8 Å². The summed E-state index contributed by atoms with van der Waals surface area (Å²) in [6.45, 7) is 13.6. The Bertz CT molecular complexity index is 948. The second-order valence-corrected chi connectivity index (χ2v) is 12.9. The van der Waals surface area contributed by atoms with Gasteiger partial charge in [0.2, 0.25) is 0 Å². The SMILES string of the molecule is CO[C@H]1OCC[C@H]1[C@@H]1CC=C2[C@@]3(C)[C@H](CC[C@]21C)[C@@]1(C)C=CC(=O)C(C)(C)[C@@H]1C[C@H]3OC(C)=O. The Labute approximate surface area is 204 Å². The lowest BCUT2D eigenvalue weighted by molar-refractivity contribution is -0.189. The lowest BCUT2D eigenvalue weighted by Gasteiger charge is -2.66. The van der Waals surface area contributed by atoms with Gasteiger partial charge in [-0.1, -0.05) is 52.3 Å². The molecule has 3 fully saturated rings. The van der Waals surface area contributed by atoms with Crippen LogP contribution in [0.4, 0.5) is 0 Å². The van der Waals surface area contributed by atoms with E-state index in [2.05, 4.69) is 46.8 Å². The van der Waals surface area contributed by atoms with E-state index in [9.17, 15) is 9.59 Å². The summed E-state index contributed by atoms with van der Waals surface area (Å²) in [7, 11) is 1.75. The van der Waals surface area contributed by atoms with Gasteiger partial charge in [0.05, 0.1) is 6.61 Å². The van der Waals surface area contributed by atoms with Crippen molar-refractivity contribution in [3.05, 3.63) is 23.8 Å². The van der Waals surface area contributed by atoms with E-state index in [0.29, 0.717) is 17.8 Å². The maximum Gasteiger partial charge on any atom is 0.302 e. The minimum atomic E-state index is -0.469. The van der Waals surface area contributed by atoms with Gasteiger partial charge in [-0.05, 0) is 66.8 Å². The van der Waals surface area contributed by atoms with Gasteiger partial charge in [-0.25, -0.2) is 0 Å². The number of fused-ring (bicyclic) bond motifs is 5. The molecule has 5 nitrogen and oxygen atoms in total. The van der Waals surface area contributed by atoms with Crippen LogP contribution in [0.15, 0.2) is 23.8 Å². The van der Waals surface area contributed by atoms with Gasteiger partial charge in [-0.3, -0.25) is 9.59 Å². The summed E-state index contributed by atoms with van der Waals surface area (Å²) in [4.78, 5) is 25.3. The Morgan fingerprint density at radius 3 is 2.53 bits per heavy atom. The molecule has 5 aliphatic rings. The van der Waals surface area contributed by atoms with E-state index < -0.39 is 5.41 Å².